The van der Waals surface area contributed by atoms with Crippen LogP contribution >= 0.6 is 0 Å². The molecule has 0 spiro atoms. The third kappa shape index (κ3) is 3.47. The van der Waals surface area contributed by atoms with Crippen molar-refractivity contribution in [1.82, 2.24) is 0 Å². The van der Waals surface area contributed by atoms with Crippen molar-refractivity contribution in [3.05, 3.63) is 60.7 Å². The van der Waals surface area contributed by atoms with E-state index in [0.717, 1.165) is 18.0 Å². The quantitative estimate of drug-likeness (QED) is 0.637. The highest BCUT2D eigenvalue weighted by molar-refractivity contribution is 5.45. The topological polar surface area (TPSA) is 37.0 Å². The van der Waals surface area contributed by atoms with Crippen molar-refractivity contribution in [2.45, 2.75) is 6.10 Å². The number of anilines is 2. The van der Waals surface area contributed by atoms with Crippen molar-refractivity contribution in [3.8, 4) is 0 Å². The molecule has 1 heterocycles. The maximum atomic E-state index is 5.67. The molecule has 1 N–H and O–H groups in total. The highest BCUT2D eigenvalue weighted by atomic mass is 16.8. The van der Waals surface area contributed by atoms with Crippen LogP contribution in [0.25, 0.3) is 0 Å². The second kappa shape index (κ2) is 5.73. The van der Waals surface area contributed by atoms with Gasteiger partial charge in [0, 0.05) is 0 Å². The van der Waals surface area contributed by atoms with Gasteiger partial charge in [-0.25, -0.2) is 10.5 Å². The minimum atomic E-state index is 0.262. The number of benzene rings is 2. The molecule has 0 aliphatic carbocycles. The summed E-state index contributed by atoms with van der Waals surface area (Å²) in [7, 11) is 0. The Balaban J connectivity index is 1.65. The van der Waals surface area contributed by atoms with Gasteiger partial charge in [-0.05, 0) is 24.3 Å². The lowest BCUT2D eigenvalue weighted by Crippen LogP contribution is -2.30. The van der Waals surface area contributed by atoms with E-state index in [4.69, 9.17) is 9.68 Å². The first-order valence-corrected chi connectivity index (χ1v) is 6.34. The zero-order valence-corrected chi connectivity index (χ0v) is 10.5. The molecule has 0 bridgehead atoms. The van der Waals surface area contributed by atoms with Gasteiger partial charge in [0.25, 0.3) is 0 Å². The van der Waals surface area contributed by atoms with Gasteiger partial charge in [0.1, 0.15) is 6.10 Å². The molecule has 0 radical (unpaired) electrons. The number of rotatable bonds is 6. The Hall–Kier alpha value is -2.04. The summed E-state index contributed by atoms with van der Waals surface area (Å²) in [5.74, 6) is 0. The summed E-state index contributed by atoms with van der Waals surface area (Å²) >= 11 is 0. The lowest BCUT2D eigenvalue weighted by molar-refractivity contribution is 0.156. The second-order valence-electron chi connectivity index (χ2n) is 4.41. The molecule has 1 unspecified atom stereocenters. The highest BCUT2D eigenvalue weighted by Crippen LogP contribution is 2.19. The first-order valence-electron chi connectivity index (χ1n) is 6.34. The van der Waals surface area contributed by atoms with Crippen molar-refractivity contribution in [2.24, 2.45) is 0 Å². The van der Waals surface area contributed by atoms with E-state index in [1.54, 1.807) is 0 Å². The molecule has 1 fully saturated rings. The average Bonchev–Trinajstić information content (AvgIpc) is 3.29. The van der Waals surface area contributed by atoms with Crippen LogP contribution in [0.5, 0.6) is 0 Å². The van der Waals surface area contributed by atoms with Crippen molar-refractivity contribution in [3.63, 3.8) is 0 Å². The van der Waals surface area contributed by atoms with E-state index in [-0.39, 0.29) is 6.10 Å². The van der Waals surface area contributed by atoms with Crippen LogP contribution in [0.3, 0.4) is 0 Å². The van der Waals surface area contributed by atoms with E-state index in [9.17, 15) is 0 Å². The molecule has 2 aromatic carbocycles. The Morgan fingerprint density at radius 2 is 1.68 bits per heavy atom. The number of hydrogen-bond acceptors (Lipinski definition) is 4. The Bertz CT molecular complexity index is 500. The van der Waals surface area contributed by atoms with Gasteiger partial charge in [0.2, 0.25) is 0 Å². The first kappa shape index (κ1) is 12.0. The number of nitrogens with one attached hydrogen (secondary N) is 1. The lowest BCUT2D eigenvalue weighted by Gasteiger charge is -2.22. The van der Waals surface area contributed by atoms with Gasteiger partial charge >= 0.3 is 0 Å². The van der Waals surface area contributed by atoms with Gasteiger partial charge in [-0.15, -0.1) is 0 Å². The van der Waals surface area contributed by atoms with Crippen LogP contribution in [0.4, 0.5) is 11.4 Å². The predicted octanol–water partition coefficient (Wildman–Crippen LogP) is 2.85. The number of epoxide rings is 1. The average molecular weight is 256 g/mol. The fourth-order valence-corrected chi connectivity index (χ4v) is 1.76. The molecular weight excluding hydrogens is 240 g/mol. The van der Waals surface area contributed by atoms with Gasteiger partial charge < -0.3 is 4.74 Å². The maximum absolute atomic E-state index is 5.67. The molecule has 19 heavy (non-hydrogen) atoms. The summed E-state index contributed by atoms with van der Waals surface area (Å²) in [6.07, 6.45) is 0.262. The van der Waals surface area contributed by atoms with Gasteiger partial charge in [-0.3, -0.25) is 0 Å². The van der Waals surface area contributed by atoms with Crippen LogP contribution in [-0.2, 0) is 9.68 Å². The van der Waals surface area contributed by atoms with E-state index in [1.807, 2.05) is 65.7 Å². The number of hydrogen-bond donors (Lipinski definition) is 1. The van der Waals surface area contributed by atoms with Crippen molar-refractivity contribution >= 4 is 11.4 Å². The zero-order valence-electron chi connectivity index (χ0n) is 10.5. The number of ether oxygens (including phenoxy) is 1. The Morgan fingerprint density at radius 3 is 2.32 bits per heavy atom. The molecular formula is C15H16N2O2. The SMILES string of the molecule is c1ccc(NON(CC2CO2)c2ccccc2)cc1. The molecule has 0 aromatic heterocycles. The Morgan fingerprint density at radius 1 is 1.05 bits per heavy atom. The summed E-state index contributed by atoms with van der Waals surface area (Å²) in [5.41, 5.74) is 4.86. The normalized spacial score (nSPS) is 16.9. The summed E-state index contributed by atoms with van der Waals surface area (Å²) in [5, 5.41) is 1.81. The van der Waals surface area contributed by atoms with Crippen LogP contribution in [0, 0.1) is 0 Å². The molecule has 98 valence electrons. The highest BCUT2D eigenvalue weighted by Gasteiger charge is 2.26. The molecule has 1 aliphatic rings. The van der Waals surface area contributed by atoms with E-state index < -0.39 is 0 Å². The van der Waals surface area contributed by atoms with Crippen LogP contribution in [0.2, 0.25) is 0 Å². The Labute approximate surface area is 112 Å². The lowest BCUT2D eigenvalue weighted by atomic mass is 10.3. The van der Waals surface area contributed by atoms with Crippen LogP contribution in [-0.4, -0.2) is 19.3 Å². The second-order valence-corrected chi connectivity index (χ2v) is 4.41. The van der Waals surface area contributed by atoms with Crippen LogP contribution < -0.4 is 10.5 Å². The molecule has 4 nitrogen and oxygen atoms in total. The van der Waals surface area contributed by atoms with E-state index in [1.165, 1.54) is 0 Å². The van der Waals surface area contributed by atoms with E-state index in [0.29, 0.717) is 6.54 Å². The third-order valence-corrected chi connectivity index (χ3v) is 2.86. The molecule has 4 heteroatoms. The largest absolute Gasteiger partial charge is 0.371 e. The van der Waals surface area contributed by atoms with Crippen molar-refractivity contribution in [2.75, 3.05) is 23.7 Å². The number of nitrogens with zero attached hydrogens (tertiary/aromatic N) is 1. The van der Waals surface area contributed by atoms with Crippen LogP contribution in [0.1, 0.15) is 0 Å². The zero-order chi connectivity index (χ0) is 12.9. The molecule has 1 atom stereocenters. The number of para-hydroxylation sites is 2. The van der Waals surface area contributed by atoms with Crippen LogP contribution in [0.15, 0.2) is 60.7 Å². The monoisotopic (exact) mass is 256 g/mol. The minimum absolute atomic E-state index is 0.262. The summed E-state index contributed by atoms with van der Waals surface area (Å²) in [6.45, 7) is 1.52. The molecule has 0 saturated carbocycles. The third-order valence-electron chi connectivity index (χ3n) is 2.86. The fourth-order valence-electron chi connectivity index (χ4n) is 1.76. The van der Waals surface area contributed by atoms with Crippen molar-refractivity contribution < 1.29 is 9.68 Å². The molecule has 1 aliphatic heterocycles. The predicted molar refractivity (Wildman–Crippen MR) is 74.7 cm³/mol. The van der Waals surface area contributed by atoms with Gasteiger partial charge in [0.05, 0.1) is 24.5 Å². The van der Waals surface area contributed by atoms with Gasteiger partial charge in [0.15, 0.2) is 0 Å². The smallest absolute Gasteiger partial charge is 0.101 e. The summed E-state index contributed by atoms with van der Waals surface area (Å²) in [4.78, 5) is 5.67. The fraction of sp³-hybridized carbons (Fsp3) is 0.200. The summed E-state index contributed by atoms with van der Waals surface area (Å²) < 4.78 is 5.26. The van der Waals surface area contributed by atoms with Crippen molar-refractivity contribution in [1.29, 1.82) is 0 Å². The molecule has 0 amide bonds. The van der Waals surface area contributed by atoms with E-state index >= 15 is 0 Å². The molecule has 3 rings (SSSR count). The van der Waals surface area contributed by atoms with E-state index in [2.05, 4.69) is 5.48 Å². The minimum Gasteiger partial charge on any atom is -0.371 e. The number of hydroxylamine groups is 1. The Kier molecular flexibility index (Phi) is 3.63. The molecule has 1 saturated heterocycles. The summed E-state index contributed by atoms with van der Waals surface area (Å²) in [6, 6.07) is 19.8. The maximum Gasteiger partial charge on any atom is 0.101 e. The van der Waals surface area contributed by atoms with Gasteiger partial charge in [-0.1, -0.05) is 36.4 Å². The standard InChI is InChI=1S/C15H16N2O2/c1-3-7-13(8-4-1)16-19-17(11-15-12-18-15)14-9-5-2-6-10-14/h1-10,15-16H,11-12H2. The molecule has 2 aromatic rings. The van der Waals surface area contributed by atoms with Gasteiger partial charge in [-0.2, -0.15) is 4.94 Å². The first-order chi connectivity index (χ1) is 9.42.